The lowest BCUT2D eigenvalue weighted by Crippen LogP contribution is -2.23. The molecule has 0 aromatic carbocycles. The Bertz CT molecular complexity index is 447. The lowest BCUT2D eigenvalue weighted by Gasteiger charge is -2.21. The molecule has 1 aromatic rings. The van der Waals surface area contributed by atoms with Gasteiger partial charge in [0.25, 0.3) is 5.56 Å². The molecule has 4 nitrogen and oxygen atoms in total. The van der Waals surface area contributed by atoms with Gasteiger partial charge >= 0.3 is 0 Å². The molecule has 0 unspecified atom stereocenters. The molecule has 1 heterocycles. The van der Waals surface area contributed by atoms with Gasteiger partial charge in [-0.3, -0.25) is 4.79 Å². The number of aliphatic hydroxyl groups is 2. The van der Waals surface area contributed by atoms with Crippen LogP contribution in [0.25, 0.3) is 6.08 Å². The first-order valence-electron chi connectivity index (χ1n) is 4.38. The first kappa shape index (κ1) is 9.18. The summed E-state index contributed by atoms with van der Waals surface area (Å²) in [6.07, 6.45) is 1.21. The molecule has 0 spiro atoms. The first-order valence-corrected chi connectivity index (χ1v) is 4.38. The van der Waals surface area contributed by atoms with Gasteiger partial charge < -0.3 is 15.2 Å². The monoisotopic (exact) mass is 193 g/mol. The molecular formula is C10H11NO3. The summed E-state index contributed by atoms with van der Waals surface area (Å²) in [5.41, 5.74) is 1.50. The van der Waals surface area contributed by atoms with Crippen LogP contribution in [0.1, 0.15) is 22.9 Å². The summed E-state index contributed by atoms with van der Waals surface area (Å²) in [5, 5.41) is 19.0. The molecule has 0 aliphatic heterocycles. The highest BCUT2D eigenvalue weighted by Crippen LogP contribution is 2.25. The normalized spacial score (nSPS) is 24.8. The van der Waals surface area contributed by atoms with Gasteiger partial charge in [0.2, 0.25) is 0 Å². The highest BCUT2D eigenvalue weighted by atomic mass is 16.3. The van der Waals surface area contributed by atoms with Crippen molar-refractivity contribution in [2.45, 2.75) is 19.1 Å². The smallest absolute Gasteiger partial charge is 0.251 e. The van der Waals surface area contributed by atoms with Crippen molar-refractivity contribution in [2.24, 2.45) is 0 Å². The number of nitrogens with one attached hydrogen (secondary N) is 1. The number of rotatable bonds is 0. The van der Waals surface area contributed by atoms with Gasteiger partial charge in [-0.05, 0) is 19.1 Å². The van der Waals surface area contributed by atoms with Gasteiger partial charge in [0.15, 0.2) is 0 Å². The van der Waals surface area contributed by atoms with Crippen LogP contribution < -0.4 is 5.56 Å². The molecule has 3 N–H and O–H groups in total. The van der Waals surface area contributed by atoms with Crippen molar-refractivity contribution >= 4 is 6.08 Å². The zero-order chi connectivity index (χ0) is 10.3. The van der Waals surface area contributed by atoms with Gasteiger partial charge in [-0.2, -0.15) is 0 Å². The van der Waals surface area contributed by atoms with Crippen LogP contribution in [0.2, 0.25) is 0 Å². The van der Waals surface area contributed by atoms with Crippen LogP contribution >= 0.6 is 0 Å². The van der Waals surface area contributed by atoms with Crippen molar-refractivity contribution in [3.8, 4) is 0 Å². The zero-order valence-electron chi connectivity index (χ0n) is 7.69. The fraction of sp³-hybridized carbons (Fsp3) is 0.300. The third-order valence-electron chi connectivity index (χ3n) is 2.39. The summed E-state index contributed by atoms with van der Waals surface area (Å²) in [4.78, 5) is 13.9. The predicted molar refractivity (Wildman–Crippen MR) is 51.8 cm³/mol. The van der Waals surface area contributed by atoms with Crippen LogP contribution in [-0.2, 0) is 0 Å². The van der Waals surface area contributed by atoms with Crippen molar-refractivity contribution in [2.75, 3.05) is 0 Å². The molecule has 74 valence electrons. The van der Waals surface area contributed by atoms with Gasteiger partial charge in [0.05, 0.1) is 0 Å². The third-order valence-corrected chi connectivity index (χ3v) is 2.39. The number of fused-ring (bicyclic) bond motifs is 1. The molecule has 4 heteroatoms. The molecule has 0 saturated heterocycles. The fourth-order valence-corrected chi connectivity index (χ4v) is 1.54. The Hall–Kier alpha value is -1.39. The van der Waals surface area contributed by atoms with E-state index in [9.17, 15) is 15.0 Å². The van der Waals surface area contributed by atoms with Crippen LogP contribution in [0.3, 0.4) is 0 Å². The van der Waals surface area contributed by atoms with E-state index in [0.717, 1.165) is 0 Å². The number of aliphatic hydroxyl groups excluding tert-OH is 2. The molecule has 0 fully saturated rings. The number of H-pyrrole nitrogens is 1. The van der Waals surface area contributed by atoms with Crippen molar-refractivity contribution in [3.05, 3.63) is 39.3 Å². The Morgan fingerprint density at radius 3 is 2.86 bits per heavy atom. The molecule has 1 aliphatic rings. The molecule has 0 amide bonds. The zero-order valence-corrected chi connectivity index (χ0v) is 7.69. The van der Waals surface area contributed by atoms with E-state index in [0.29, 0.717) is 16.8 Å². The summed E-state index contributed by atoms with van der Waals surface area (Å²) in [7, 11) is 0. The van der Waals surface area contributed by atoms with E-state index in [1.807, 2.05) is 0 Å². The average Bonchev–Trinajstić information content (AvgIpc) is 2.15. The van der Waals surface area contributed by atoms with Crippen molar-refractivity contribution in [1.29, 1.82) is 0 Å². The highest BCUT2D eigenvalue weighted by molar-refractivity contribution is 5.54. The molecular weight excluding hydrogens is 182 g/mol. The lowest BCUT2D eigenvalue weighted by molar-refractivity contribution is 0.0466. The number of pyridine rings is 1. The molecule has 0 radical (unpaired) electrons. The Morgan fingerprint density at radius 1 is 1.43 bits per heavy atom. The van der Waals surface area contributed by atoms with Gasteiger partial charge in [-0.15, -0.1) is 0 Å². The second kappa shape index (κ2) is 3.08. The van der Waals surface area contributed by atoms with Crippen LogP contribution in [0, 0.1) is 6.92 Å². The first-order chi connectivity index (χ1) is 6.59. The minimum Gasteiger partial charge on any atom is -0.386 e. The van der Waals surface area contributed by atoms with Crippen molar-refractivity contribution in [1.82, 2.24) is 4.98 Å². The Labute approximate surface area is 80.5 Å². The second-order valence-electron chi connectivity index (χ2n) is 3.45. The van der Waals surface area contributed by atoms with Gasteiger partial charge in [0.1, 0.15) is 12.2 Å². The maximum absolute atomic E-state index is 11.2. The molecule has 1 aliphatic carbocycles. The maximum Gasteiger partial charge on any atom is 0.251 e. The number of hydrogen-bond donors (Lipinski definition) is 3. The van der Waals surface area contributed by atoms with E-state index in [2.05, 4.69) is 4.98 Å². The van der Waals surface area contributed by atoms with E-state index in [1.165, 1.54) is 6.08 Å². The summed E-state index contributed by atoms with van der Waals surface area (Å²) < 4.78 is 0. The van der Waals surface area contributed by atoms with Gasteiger partial charge in [-0.1, -0.05) is 6.08 Å². The molecule has 2 atom stereocenters. The van der Waals surface area contributed by atoms with Crippen molar-refractivity contribution < 1.29 is 10.2 Å². The second-order valence-corrected chi connectivity index (χ2v) is 3.45. The van der Waals surface area contributed by atoms with E-state index < -0.39 is 12.2 Å². The number of aryl methyl sites for hydroxylation is 1. The summed E-state index contributed by atoms with van der Waals surface area (Å²) in [6.45, 7) is 1.66. The molecule has 1 aromatic heterocycles. The SMILES string of the molecule is Cc1cc2c([nH]c1=O)C=C[C@H](O)[C@@H]2O. The molecule has 0 saturated carbocycles. The lowest BCUT2D eigenvalue weighted by atomic mass is 9.96. The van der Waals surface area contributed by atoms with E-state index in [4.69, 9.17) is 0 Å². The number of aromatic nitrogens is 1. The quantitative estimate of drug-likeness (QED) is 0.547. The topological polar surface area (TPSA) is 73.3 Å². The fourth-order valence-electron chi connectivity index (χ4n) is 1.54. The average molecular weight is 193 g/mol. The van der Waals surface area contributed by atoms with Crippen molar-refractivity contribution in [3.63, 3.8) is 0 Å². The Morgan fingerprint density at radius 2 is 2.14 bits per heavy atom. The summed E-state index contributed by atoms with van der Waals surface area (Å²) in [6, 6.07) is 1.60. The largest absolute Gasteiger partial charge is 0.386 e. The van der Waals surface area contributed by atoms with E-state index >= 15 is 0 Å². The van der Waals surface area contributed by atoms with Crippen LogP contribution in [0.15, 0.2) is 16.9 Å². The standard InChI is InChI=1S/C10H11NO3/c1-5-4-6-7(11-10(5)14)2-3-8(12)9(6)13/h2-4,8-9,12-13H,1H3,(H,11,14)/t8-,9+/m0/s1. The van der Waals surface area contributed by atoms with Crippen LogP contribution in [0.5, 0.6) is 0 Å². The minimum atomic E-state index is -0.953. The van der Waals surface area contributed by atoms with E-state index in [1.54, 1.807) is 19.1 Å². The van der Waals surface area contributed by atoms with E-state index in [-0.39, 0.29) is 5.56 Å². The third kappa shape index (κ3) is 1.29. The Kier molecular flexibility index (Phi) is 2.02. The number of hydrogen-bond acceptors (Lipinski definition) is 3. The number of aromatic amines is 1. The maximum atomic E-state index is 11.2. The summed E-state index contributed by atoms with van der Waals surface area (Å²) in [5.74, 6) is 0. The predicted octanol–water partition coefficient (Wildman–Crippen LogP) is 0.104. The summed E-state index contributed by atoms with van der Waals surface area (Å²) >= 11 is 0. The molecule has 14 heavy (non-hydrogen) atoms. The van der Waals surface area contributed by atoms with Crippen LogP contribution in [0.4, 0.5) is 0 Å². The Balaban J connectivity index is 2.64. The van der Waals surface area contributed by atoms with Gasteiger partial charge in [0, 0.05) is 16.8 Å². The molecule has 0 bridgehead atoms. The highest BCUT2D eigenvalue weighted by Gasteiger charge is 2.23. The molecule has 2 rings (SSSR count). The minimum absolute atomic E-state index is 0.169. The van der Waals surface area contributed by atoms with Gasteiger partial charge in [-0.25, -0.2) is 0 Å². The van der Waals surface area contributed by atoms with Crippen LogP contribution in [-0.4, -0.2) is 21.3 Å².